The van der Waals surface area contributed by atoms with Crippen LogP contribution >= 0.6 is 0 Å². The molecule has 5 aliphatic carbocycles. The molecule has 140 heavy (non-hydrogen) atoms. The predicted octanol–water partition coefficient (Wildman–Crippen LogP) is -4.91. The second-order valence-electron chi connectivity index (χ2n) is 43.3. The van der Waals surface area contributed by atoms with Crippen molar-refractivity contribution < 1.29 is 227 Å². The van der Waals surface area contributed by atoms with Crippen LogP contribution in [0.15, 0.2) is 11.6 Å². The Bertz CT molecular complexity index is 4150. The van der Waals surface area contributed by atoms with Crippen molar-refractivity contribution in [1.82, 2.24) is 0 Å². The van der Waals surface area contributed by atoms with Gasteiger partial charge in [-0.1, -0.05) is 101 Å². The summed E-state index contributed by atoms with van der Waals surface area (Å²) in [6.45, 7) is 19.7. The molecule has 0 radical (unpaired) electrons. The van der Waals surface area contributed by atoms with Gasteiger partial charge in [-0.25, -0.2) is 4.79 Å². The van der Waals surface area contributed by atoms with Crippen LogP contribution in [-0.2, 0) is 109 Å². The summed E-state index contributed by atoms with van der Waals surface area (Å²) < 4.78 is 109. The van der Waals surface area contributed by atoms with Gasteiger partial charge >= 0.3 is 23.9 Å². The molecular weight excluding hydrogens is 1860 g/mol. The number of aliphatic carboxylic acids is 1. The summed E-state index contributed by atoms with van der Waals surface area (Å²) in [7, 11) is 0. The fourth-order valence-electron chi connectivity index (χ4n) is 24.6. The van der Waals surface area contributed by atoms with E-state index >= 15 is 4.79 Å². The van der Waals surface area contributed by atoms with Gasteiger partial charge in [0.05, 0.1) is 100 Å². The van der Waals surface area contributed by atoms with Crippen molar-refractivity contribution in [2.75, 3.05) is 33.0 Å². The van der Waals surface area contributed by atoms with Crippen LogP contribution in [0.3, 0.4) is 0 Å². The zero-order valence-electron chi connectivity index (χ0n) is 81.2. The molecule has 46 nitrogen and oxygen atoms in total. The average Bonchev–Trinajstić information content (AvgIpc) is 0.739. The van der Waals surface area contributed by atoms with Gasteiger partial charge in [0.1, 0.15) is 152 Å². The van der Waals surface area contributed by atoms with Gasteiger partial charge in [0, 0.05) is 12.8 Å². The molecule has 0 spiro atoms. The van der Waals surface area contributed by atoms with E-state index in [0.717, 1.165) is 11.9 Å². The highest BCUT2D eigenvalue weighted by Gasteiger charge is 2.74. The summed E-state index contributed by atoms with van der Waals surface area (Å²) in [4.78, 5) is 72.3. The van der Waals surface area contributed by atoms with Crippen LogP contribution in [0.2, 0.25) is 0 Å². The minimum absolute atomic E-state index is 0.00887. The zero-order valence-corrected chi connectivity index (χ0v) is 81.2. The molecule has 0 aromatic rings. The highest BCUT2D eigenvalue weighted by Crippen LogP contribution is 2.76. The van der Waals surface area contributed by atoms with Gasteiger partial charge in [0.15, 0.2) is 62.3 Å². The van der Waals surface area contributed by atoms with Crippen molar-refractivity contribution in [2.24, 2.45) is 62.1 Å². The number of carbonyl (C=O) groups excluding carboxylic acids is 4. The average molecular weight is 2020 g/mol. The molecule has 0 aromatic carbocycles. The molecule has 4 saturated carbocycles. The van der Waals surface area contributed by atoms with Crippen molar-refractivity contribution in [3.8, 4) is 0 Å². The zero-order chi connectivity index (χ0) is 103. The Balaban J connectivity index is 0.751. The minimum atomic E-state index is -2.33. The van der Waals surface area contributed by atoms with E-state index in [9.17, 15) is 137 Å². The molecule has 13 rings (SSSR count). The lowest BCUT2D eigenvalue weighted by atomic mass is 9.33. The number of hydrogen-bond acceptors (Lipinski definition) is 45. The third kappa shape index (κ3) is 21.7. The van der Waals surface area contributed by atoms with Crippen LogP contribution in [0.4, 0.5) is 0 Å². The monoisotopic (exact) mass is 2020 g/mol. The molecule has 45 unspecified atom stereocenters. The van der Waals surface area contributed by atoms with E-state index in [-0.39, 0.29) is 56.8 Å². The summed E-state index contributed by atoms with van der Waals surface area (Å²) in [6.07, 6.45) is -67.8. The van der Waals surface area contributed by atoms with Crippen LogP contribution in [0.1, 0.15) is 193 Å². The first kappa shape index (κ1) is 113. The van der Waals surface area contributed by atoms with Crippen molar-refractivity contribution in [1.29, 1.82) is 0 Å². The highest BCUT2D eigenvalue weighted by atomic mass is 16.8. The number of rotatable bonds is 36. The van der Waals surface area contributed by atoms with Crippen LogP contribution in [0, 0.1) is 62.1 Å². The summed E-state index contributed by atoms with van der Waals surface area (Å²) in [5.74, 6) is -7.22. The maximum atomic E-state index is 16.4. The number of fused-ring (bicyclic) bond motifs is 7. The second-order valence-corrected chi connectivity index (χ2v) is 43.3. The smallest absolute Gasteiger partial charge is 0.335 e. The van der Waals surface area contributed by atoms with Gasteiger partial charge in [-0.05, 0) is 129 Å². The Morgan fingerprint density at radius 1 is 0.507 bits per heavy atom. The lowest BCUT2D eigenvalue weighted by Gasteiger charge is -2.71. The molecule has 12 fully saturated rings. The van der Waals surface area contributed by atoms with E-state index in [0.29, 0.717) is 44.9 Å². The Labute approximate surface area is 810 Å². The van der Waals surface area contributed by atoms with Crippen LogP contribution in [0.25, 0.3) is 0 Å². The number of ether oxygens (including phenoxy) is 18. The molecule has 0 bridgehead atoms. The predicted molar refractivity (Wildman–Crippen MR) is 467 cm³/mol. The molecule has 8 aliphatic heterocycles. The van der Waals surface area contributed by atoms with E-state index in [1.165, 1.54) is 13.8 Å². The number of carboxylic acid groups (broad SMARTS) is 1. The first-order chi connectivity index (χ1) is 65.7. The number of esters is 3. The molecule has 52 atom stereocenters. The SMILES string of the molecule is CCC(C)C(CC(O)CC(=O)OC1C(C)OC(OC(=O)C23CCC(C)(C)CC2C2=CCC4C5(C)CCC(OC6OC(C(=O)O)C(O)C(OC7OC(CO)C(O)C(O)C7O)C6OC6OC(CO)C(O)C(O)C6O)C(C)(C=O)C5CCC4(C)C2(C)CC3O)C(OC2OC(C)C(OC3OCC(O)C(O[C@H]4OC[C@@](O)(CO)[C@@H]4O)C3O)C(O)C2O)C1O)OC(=O)CC(O)CC(O[C@H]1O[C@H](CC)[C@@H](O)[C@@H]1O)C(C)CC. The number of aldehydes is 1. The van der Waals surface area contributed by atoms with Gasteiger partial charge in [0.2, 0.25) is 6.29 Å². The van der Waals surface area contributed by atoms with E-state index in [4.69, 9.17) is 85.3 Å². The molecule has 23 N–H and O–H groups in total. The third-order valence-electron chi connectivity index (χ3n) is 33.9. The molecule has 8 saturated heterocycles. The normalized spacial score (nSPS) is 48.8. The van der Waals surface area contributed by atoms with Crippen LogP contribution in [0.5, 0.6) is 0 Å². The van der Waals surface area contributed by atoms with E-state index in [2.05, 4.69) is 19.9 Å². The first-order valence-corrected chi connectivity index (χ1v) is 49.3. The molecular formula is C94H152O46. The van der Waals surface area contributed by atoms with Crippen molar-refractivity contribution in [2.45, 2.75) is 450 Å². The fraction of sp³-hybridized carbons (Fsp3) is 0.926. The Kier molecular flexibility index (Phi) is 36.2. The Morgan fingerprint density at radius 2 is 1.05 bits per heavy atom. The first-order valence-electron chi connectivity index (χ1n) is 49.3. The number of carboxylic acids is 1. The van der Waals surface area contributed by atoms with E-state index in [1.807, 2.05) is 34.6 Å². The van der Waals surface area contributed by atoms with Gasteiger partial charge in [0.25, 0.3) is 0 Å². The summed E-state index contributed by atoms with van der Waals surface area (Å²) in [6, 6.07) is 0. The number of aliphatic hydroxyl groups excluding tert-OH is 21. The molecule has 46 heteroatoms. The summed E-state index contributed by atoms with van der Waals surface area (Å²) >= 11 is 0. The Morgan fingerprint density at radius 3 is 1.64 bits per heavy atom. The highest BCUT2D eigenvalue weighted by molar-refractivity contribution is 5.80. The topological polar surface area (TPSA) is 717 Å². The van der Waals surface area contributed by atoms with Crippen molar-refractivity contribution >= 4 is 30.2 Å². The van der Waals surface area contributed by atoms with E-state index < -0.39 is 377 Å². The maximum Gasteiger partial charge on any atom is 0.335 e. The van der Waals surface area contributed by atoms with Gasteiger partial charge in [-0.3, -0.25) is 14.4 Å². The van der Waals surface area contributed by atoms with Gasteiger partial charge in [-0.15, -0.1) is 0 Å². The lowest BCUT2D eigenvalue weighted by molar-refractivity contribution is -0.395. The Hall–Kier alpha value is -4.19. The maximum absolute atomic E-state index is 16.4. The van der Waals surface area contributed by atoms with Crippen molar-refractivity contribution in [3.63, 3.8) is 0 Å². The fourth-order valence-corrected chi connectivity index (χ4v) is 24.6. The minimum Gasteiger partial charge on any atom is -0.479 e. The number of allylic oxidation sites excluding steroid dienone is 2. The summed E-state index contributed by atoms with van der Waals surface area (Å²) in [5, 5.41) is 258. The standard InChI is InChI=1S/C94H152O46/c1-14-37(4)47(127-55(103)27-42(100)26-48(38(5)15-2)129-81-63(111)57(105)46(16-3)128-81)25-41(99)28-56(104)133-71-40(7)126-84(75(67(71)115)138-80-66(114)62(110)70(39(6)125-80)134-79-69(117)72(45(101)33-123-79)135-86-77(118)93(122,35-98)36-124-86)140-87(121)94-24-23-88(8,9)29-44(94)43-17-18-52-89(10)21-20-54(90(11,34-97)51(89)19-22-91(52,12)92(43,13)30-53(94)102)132-85-76(139-83-65(113)61(109)59(107)50(32-96)131-83)73(68(116)74(137-85)78(119)120)136-82-64(112)60(108)58(106)49(31-95)130-82/h17,34,37-42,44-54,57-77,79-86,95-96,98-102,105-118,122H,14-16,18-33,35-36H2,1-13H3,(H,119,120)/t37?,38?,39?,40?,41?,42?,44?,45?,46-,47?,48?,49?,50?,51?,52?,53?,54?,57-,58?,59?,60?,61?,62?,63+,64?,65?,66?,67?,68?,69?,70?,71?,72?,73?,74?,75?,76?,77-,79?,80?,81-,82?,83?,84?,85?,86-,89?,90?,91?,92?,93+,94?/m1/s1. The largest absolute Gasteiger partial charge is 0.479 e. The number of hydrogen-bond donors (Lipinski definition) is 23. The molecule has 8 heterocycles. The van der Waals surface area contributed by atoms with Gasteiger partial charge in [-0.2, -0.15) is 0 Å². The number of carbonyl (C=O) groups is 5. The third-order valence-corrected chi connectivity index (χ3v) is 33.9. The molecule has 0 aromatic heterocycles. The lowest BCUT2D eigenvalue weighted by Crippen LogP contribution is -2.69. The second kappa shape index (κ2) is 44.9. The molecule has 804 valence electrons. The van der Waals surface area contributed by atoms with Crippen molar-refractivity contribution in [3.05, 3.63) is 11.6 Å². The van der Waals surface area contributed by atoms with E-state index in [1.54, 1.807) is 27.7 Å². The molecule has 0 amide bonds. The summed E-state index contributed by atoms with van der Waals surface area (Å²) in [5.41, 5.74) is -7.79. The van der Waals surface area contributed by atoms with Crippen LogP contribution < -0.4 is 0 Å². The van der Waals surface area contributed by atoms with Crippen LogP contribution in [-0.4, -0.2) is 438 Å². The van der Waals surface area contributed by atoms with Gasteiger partial charge < -0.3 is 208 Å². The number of aliphatic hydroxyl groups is 22. The molecule has 13 aliphatic rings. The quantitative estimate of drug-likeness (QED) is 0.00919.